The van der Waals surface area contributed by atoms with Crippen molar-refractivity contribution < 1.29 is 0 Å². The van der Waals surface area contributed by atoms with Gasteiger partial charge in [0.25, 0.3) is 0 Å². The highest BCUT2D eigenvalue weighted by Crippen LogP contribution is 2.26. The molecule has 1 aliphatic carbocycles. The van der Waals surface area contributed by atoms with E-state index < -0.39 is 0 Å². The van der Waals surface area contributed by atoms with E-state index in [2.05, 4.69) is 49.3 Å². The molecule has 3 heteroatoms. The maximum atomic E-state index is 4.74. The molecule has 1 fully saturated rings. The van der Waals surface area contributed by atoms with Gasteiger partial charge in [-0.25, -0.2) is 4.98 Å². The third-order valence-corrected chi connectivity index (χ3v) is 3.63. The van der Waals surface area contributed by atoms with Gasteiger partial charge in [-0.3, -0.25) is 0 Å². The lowest BCUT2D eigenvalue weighted by Gasteiger charge is -2.35. The van der Waals surface area contributed by atoms with Crippen molar-refractivity contribution in [2.45, 2.75) is 45.7 Å². The SMILES string of the molecule is CC(C)CNCc1cccc(N(C)C2CCC2)n1. The van der Waals surface area contributed by atoms with Gasteiger partial charge in [-0.2, -0.15) is 0 Å². The van der Waals surface area contributed by atoms with Crippen LogP contribution in [0, 0.1) is 5.92 Å². The van der Waals surface area contributed by atoms with E-state index in [4.69, 9.17) is 4.98 Å². The van der Waals surface area contributed by atoms with Crippen molar-refractivity contribution >= 4 is 5.82 Å². The number of anilines is 1. The van der Waals surface area contributed by atoms with Crippen molar-refractivity contribution in [3.63, 3.8) is 0 Å². The number of hydrogen-bond donors (Lipinski definition) is 1. The average molecular weight is 247 g/mol. The highest BCUT2D eigenvalue weighted by molar-refractivity contribution is 5.40. The molecule has 1 aromatic rings. The predicted octanol–water partition coefficient (Wildman–Crippen LogP) is 2.82. The molecule has 0 aliphatic heterocycles. The zero-order chi connectivity index (χ0) is 13.0. The van der Waals surface area contributed by atoms with Crippen LogP contribution in [0.4, 0.5) is 5.82 Å². The van der Waals surface area contributed by atoms with Crippen LogP contribution in [0.3, 0.4) is 0 Å². The van der Waals surface area contributed by atoms with Crippen LogP contribution >= 0.6 is 0 Å². The molecule has 3 nitrogen and oxygen atoms in total. The summed E-state index contributed by atoms with van der Waals surface area (Å²) >= 11 is 0. The fourth-order valence-corrected chi connectivity index (χ4v) is 2.21. The van der Waals surface area contributed by atoms with Crippen LogP contribution in [0.15, 0.2) is 18.2 Å². The summed E-state index contributed by atoms with van der Waals surface area (Å²) in [5.74, 6) is 1.80. The summed E-state index contributed by atoms with van der Waals surface area (Å²) in [6, 6.07) is 7.04. The molecule has 0 unspecified atom stereocenters. The Morgan fingerprint density at radius 1 is 1.39 bits per heavy atom. The van der Waals surface area contributed by atoms with Crippen molar-refractivity contribution in [3.05, 3.63) is 23.9 Å². The van der Waals surface area contributed by atoms with E-state index in [0.717, 1.165) is 24.6 Å². The fraction of sp³-hybridized carbons (Fsp3) is 0.667. The molecule has 1 aromatic heterocycles. The topological polar surface area (TPSA) is 28.2 Å². The van der Waals surface area contributed by atoms with E-state index in [1.165, 1.54) is 19.3 Å². The van der Waals surface area contributed by atoms with Crippen molar-refractivity contribution in [3.8, 4) is 0 Å². The third kappa shape index (κ3) is 3.45. The van der Waals surface area contributed by atoms with E-state index in [-0.39, 0.29) is 0 Å². The zero-order valence-corrected chi connectivity index (χ0v) is 11.8. The van der Waals surface area contributed by atoms with Crippen LogP contribution < -0.4 is 10.2 Å². The first-order chi connectivity index (χ1) is 8.66. The maximum absolute atomic E-state index is 4.74. The summed E-state index contributed by atoms with van der Waals surface area (Å²) in [7, 11) is 2.16. The first kappa shape index (κ1) is 13.3. The Balaban J connectivity index is 1.91. The monoisotopic (exact) mass is 247 g/mol. The van der Waals surface area contributed by atoms with Crippen LogP contribution in [-0.4, -0.2) is 24.6 Å². The molecular formula is C15H25N3. The minimum atomic E-state index is 0.686. The molecule has 1 saturated carbocycles. The van der Waals surface area contributed by atoms with Crippen LogP contribution in [0.1, 0.15) is 38.8 Å². The van der Waals surface area contributed by atoms with Gasteiger partial charge in [-0.05, 0) is 43.9 Å². The first-order valence-corrected chi connectivity index (χ1v) is 7.06. The van der Waals surface area contributed by atoms with Gasteiger partial charge in [0.2, 0.25) is 0 Å². The number of hydrogen-bond acceptors (Lipinski definition) is 3. The van der Waals surface area contributed by atoms with Crippen molar-refractivity contribution in [1.29, 1.82) is 0 Å². The Hall–Kier alpha value is -1.09. The summed E-state index contributed by atoms with van der Waals surface area (Å²) in [6.45, 7) is 6.36. The van der Waals surface area contributed by atoms with E-state index >= 15 is 0 Å². The highest BCUT2D eigenvalue weighted by Gasteiger charge is 2.22. The van der Waals surface area contributed by atoms with Crippen LogP contribution in [0.5, 0.6) is 0 Å². The minimum Gasteiger partial charge on any atom is -0.357 e. The second kappa shape index (κ2) is 6.19. The number of rotatable bonds is 6. The molecule has 1 N–H and O–H groups in total. The number of pyridine rings is 1. The number of nitrogens with zero attached hydrogens (tertiary/aromatic N) is 2. The molecule has 1 heterocycles. The molecule has 18 heavy (non-hydrogen) atoms. The summed E-state index contributed by atoms with van der Waals surface area (Å²) < 4.78 is 0. The van der Waals surface area contributed by atoms with Crippen LogP contribution in [0.2, 0.25) is 0 Å². The maximum Gasteiger partial charge on any atom is 0.128 e. The van der Waals surface area contributed by atoms with Gasteiger partial charge in [0.05, 0.1) is 5.69 Å². The van der Waals surface area contributed by atoms with Gasteiger partial charge >= 0.3 is 0 Å². The average Bonchev–Trinajstić information content (AvgIpc) is 2.26. The largest absolute Gasteiger partial charge is 0.357 e. The molecule has 0 saturated heterocycles. The number of nitrogens with one attached hydrogen (secondary N) is 1. The quantitative estimate of drug-likeness (QED) is 0.838. The van der Waals surface area contributed by atoms with E-state index in [1.807, 2.05) is 0 Å². The standard InChI is InChI=1S/C15H25N3/c1-12(2)10-16-11-13-6-4-9-15(17-13)18(3)14-7-5-8-14/h4,6,9,12,14,16H,5,7-8,10-11H2,1-3H3. The Bertz CT molecular complexity index is 372. The summed E-state index contributed by atoms with van der Waals surface area (Å²) in [5.41, 5.74) is 1.14. The molecule has 100 valence electrons. The molecule has 0 atom stereocenters. The molecular weight excluding hydrogens is 222 g/mol. The first-order valence-electron chi connectivity index (χ1n) is 7.06. The molecule has 0 aromatic carbocycles. The van der Waals surface area contributed by atoms with Crippen molar-refractivity contribution in [1.82, 2.24) is 10.3 Å². The van der Waals surface area contributed by atoms with Gasteiger partial charge in [-0.15, -0.1) is 0 Å². The van der Waals surface area contributed by atoms with Crippen LogP contribution in [0.25, 0.3) is 0 Å². The summed E-state index contributed by atoms with van der Waals surface area (Å²) in [4.78, 5) is 7.06. The van der Waals surface area contributed by atoms with Crippen molar-refractivity contribution in [2.75, 3.05) is 18.5 Å². The Labute approximate surface area is 111 Å². The minimum absolute atomic E-state index is 0.686. The zero-order valence-electron chi connectivity index (χ0n) is 11.8. The molecule has 2 rings (SSSR count). The van der Waals surface area contributed by atoms with E-state index in [9.17, 15) is 0 Å². The van der Waals surface area contributed by atoms with E-state index in [1.54, 1.807) is 0 Å². The summed E-state index contributed by atoms with van der Waals surface area (Å²) in [6.07, 6.45) is 3.99. The normalized spacial score (nSPS) is 15.8. The molecule has 0 bridgehead atoms. The molecule has 0 radical (unpaired) electrons. The smallest absolute Gasteiger partial charge is 0.128 e. The Morgan fingerprint density at radius 3 is 2.78 bits per heavy atom. The fourth-order valence-electron chi connectivity index (χ4n) is 2.21. The third-order valence-electron chi connectivity index (χ3n) is 3.63. The Morgan fingerprint density at radius 2 is 2.17 bits per heavy atom. The van der Waals surface area contributed by atoms with Gasteiger partial charge in [0, 0.05) is 19.6 Å². The number of aromatic nitrogens is 1. The second-order valence-corrected chi connectivity index (χ2v) is 5.71. The molecule has 1 aliphatic rings. The highest BCUT2D eigenvalue weighted by atomic mass is 15.2. The molecule has 0 spiro atoms. The lowest BCUT2D eigenvalue weighted by atomic mass is 9.92. The second-order valence-electron chi connectivity index (χ2n) is 5.71. The lowest BCUT2D eigenvalue weighted by molar-refractivity contribution is 0.399. The van der Waals surface area contributed by atoms with Gasteiger partial charge in [0.15, 0.2) is 0 Å². The van der Waals surface area contributed by atoms with E-state index in [0.29, 0.717) is 12.0 Å². The Kier molecular flexibility index (Phi) is 4.59. The molecule has 0 amide bonds. The van der Waals surface area contributed by atoms with Gasteiger partial charge in [-0.1, -0.05) is 19.9 Å². The van der Waals surface area contributed by atoms with Crippen molar-refractivity contribution in [2.24, 2.45) is 5.92 Å². The van der Waals surface area contributed by atoms with Gasteiger partial charge in [0.1, 0.15) is 5.82 Å². The predicted molar refractivity (Wildman–Crippen MR) is 76.8 cm³/mol. The van der Waals surface area contributed by atoms with Crippen LogP contribution in [-0.2, 0) is 6.54 Å². The summed E-state index contributed by atoms with van der Waals surface area (Å²) in [5, 5.41) is 3.44. The lowest BCUT2D eigenvalue weighted by Crippen LogP contribution is -2.37. The van der Waals surface area contributed by atoms with Gasteiger partial charge < -0.3 is 10.2 Å².